The quantitative estimate of drug-likeness (QED) is 0.138. The van der Waals surface area contributed by atoms with Gasteiger partial charge >= 0.3 is 0 Å². The van der Waals surface area contributed by atoms with Crippen LogP contribution in [0.25, 0.3) is 0 Å². The van der Waals surface area contributed by atoms with Gasteiger partial charge in [-0.15, -0.1) is 23.1 Å². The molecule has 107 heavy (non-hydrogen) atoms. The molecule has 19 nitrogen and oxygen atoms in total. The summed E-state index contributed by atoms with van der Waals surface area (Å²) in [6, 6.07) is 21.4. The lowest BCUT2D eigenvalue weighted by Crippen LogP contribution is -1.96. The van der Waals surface area contributed by atoms with Gasteiger partial charge in [0.25, 0.3) is 0 Å². The largest absolute Gasteiger partial charge is 0.500 e. The Balaban J connectivity index is -0.0000000897. The van der Waals surface area contributed by atoms with Crippen LogP contribution in [0, 0.1) is 76.2 Å². The zero-order valence-corrected chi connectivity index (χ0v) is 76.4. The second kappa shape index (κ2) is 113. The van der Waals surface area contributed by atoms with Gasteiger partial charge in [0.2, 0.25) is 0 Å². The molecule has 0 aliphatic carbocycles. The van der Waals surface area contributed by atoms with Gasteiger partial charge in [0.15, 0.2) is 0 Å². The van der Waals surface area contributed by atoms with Crippen LogP contribution in [0.1, 0.15) is 235 Å². The zero-order valence-electron chi connectivity index (χ0n) is 74.7. The van der Waals surface area contributed by atoms with Crippen LogP contribution in [0.3, 0.4) is 0 Å². The number of thiazole rings is 1. The molecule has 0 spiro atoms. The normalized spacial score (nSPS) is 8.35. The van der Waals surface area contributed by atoms with Crippen LogP contribution >= 0.6 is 23.1 Å². The number of allylic oxidation sites excluding steroid dienone is 1. The first-order chi connectivity index (χ1) is 51.9. The fourth-order valence-electron chi connectivity index (χ4n) is 5.07. The van der Waals surface area contributed by atoms with Crippen molar-refractivity contribution in [3.8, 4) is 0 Å². The fraction of sp³-hybridized carbons (Fsp3) is 0.477. The molecule has 0 unspecified atom stereocenters. The molecule has 21 heteroatoms. The van der Waals surface area contributed by atoms with E-state index in [2.05, 4.69) is 82.0 Å². The van der Waals surface area contributed by atoms with E-state index >= 15 is 0 Å². The molecule has 0 N–H and O–H groups in total. The lowest BCUT2D eigenvalue weighted by atomic mass is 10.3. The summed E-state index contributed by atoms with van der Waals surface area (Å²) in [5.41, 5.74) is 10.1. The molecule has 11 aromatic heterocycles. The fourth-order valence-corrected chi connectivity index (χ4v) is 6.15. The molecule has 606 valence electrons. The molecule has 0 amide bonds. The Morgan fingerprint density at radius 2 is 0.869 bits per heavy atom. The Bertz CT molecular complexity index is 2730. The van der Waals surface area contributed by atoms with Gasteiger partial charge < -0.3 is 4.74 Å². The summed E-state index contributed by atoms with van der Waals surface area (Å²) in [6.07, 6.45) is 36.9. The molecule has 1 aliphatic heterocycles. The average Bonchev–Trinajstić information content (AvgIpc) is 1.84. The van der Waals surface area contributed by atoms with Crippen molar-refractivity contribution < 1.29 is 4.74 Å². The smallest absolute Gasteiger partial charge is 0.125 e. The molecule has 1 aliphatic rings. The molecule has 0 radical (unpaired) electrons. The third-order valence-corrected chi connectivity index (χ3v) is 11.0. The third kappa shape index (κ3) is 108. The second-order valence-corrected chi connectivity index (χ2v) is 19.8. The van der Waals surface area contributed by atoms with Crippen molar-refractivity contribution in [2.45, 2.75) is 249 Å². The maximum absolute atomic E-state index is 5.00. The van der Waals surface area contributed by atoms with Crippen molar-refractivity contribution in [2.24, 2.45) is 21.1 Å². The van der Waals surface area contributed by atoms with Crippen LogP contribution in [0.2, 0.25) is 0 Å². The standard InChI is InChI=1S/3C6H7N.C5H8N2.C5H6N2.2C5H8N2.3C5H6N2.C5H8OS.C4H5NS.12C2H6/c1-6-2-4-7-5-3-6;1-6-3-2-4-7-5-6;1-6-4-2-3-5-7-6;1-5-3-6-7(2)4-5;1-5-2-6-4-7-3-5;1-5-3-4-7(2)6-5;1-5-3-4-6-7(5)2;1-5-4-6-2-3-7-5;1-5-2-3-6-4-7-5;1-5-6-3-2-4-7-5;1-5-4-6-2-3-7-5;1-4-5-2-3-6-4;12*1-2/h3*2-5H,1H3;3-4H,1-2H3;2-4H,1H3;2*3-4H,1-2H3;3*2-4H,1H3;4H,2-3H2,1H3;2-3H,1H3;12*1-2H3. The van der Waals surface area contributed by atoms with Gasteiger partial charge in [-0.2, -0.15) is 15.3 Å². The highest BCUT2D eigenvalue weighted by Gasteiger charge is 1.96. The number of aryl methyl sites for hydroxylation is 14. The molecule has 0 aromatic carbocycles. The Morgan fingerprint density at radius 3 is 1.06 bits per heavy atom. The monoisotopic (exact) mass is 1520 g/mol. The Morgan fingerprint density at radius 1 is 0.346 bits per heavy atom. The Hall–Kier alpha value is -9.08. The molecule has 0 bridgehead atoms. The van der Waals surface area contributed by atoms with E-state index in [0.717, 1.165) is 51.5 Å². The molecule has 12 heterocycles. The van der Waals surface area contributed by atoms with Crippen LogP contribution in [0.15, 0.2) is 207 Å². The summed E-state index contributed by atoms with van der Waals surface area (Å²) in [7, 11) is 5.75. The summed E-state index contributed by atoms with van der Waals surface area (Å²) in [5.74, 6) is 1.94. The number of thioether (sulfide) groups is 1. The summed E-state index contributed by atoms with van der Waals surface area (Å²) in [4.78, 5) is 47.6. The van der Waals surface area contributed by atoms with Crippen molar-refractivity contribution in [3.05, 3.63) is 269 Å². The molecule has 11 aromatic rings. The molecule has 12 rings (SSSR count). The number of pyridine rings is 3. The van der Waals surface area contributed by atoms with Gasteiger partial charge in [0, 0.05) is 160 Å². The minimum atomic E-state index is 0.822. The predicted octanol–water partition coefficient (Wildman–Crippen LogP) is 24.9. The van der Waals surface area contributed by atoms with Gasteiger partial charge in [-0.25, -0.2) is 29.9 Å². The van der Waals surface area contributed by atoms with Crippen LogP contribution in [0.4, 0.5) is 0 Å². The number of hydrogen-bond acceptors (Lipinski definition) is 18. The summed E-state index contributed by atoms with van der Waals surface area (Å²) >= 11 is 3.52. The van der Waals surface area contributed by atoms with Crippen LogP contribution in [-0.2, 0) is 25.9 Å². The minimum Gasteiger partial charge on any atom is -0.500 e. The lowest BCUT2D eigenvalue weighted by Gasteiger charge is -2.07. The molecule has 0 atom stereocenters. The molecular weight excluding hydrogens is 1370 g/mol. The van der Waals surface area contributed by atoms with Crippen molar-refractivity contribution in [2.75, 3.05) is 12.4 Å². The first-order valence-electron chi connectivity index (χ1n) is 38.1. The van der Waals surface area contributed by atoms with Gasteiger partial charge in [-0.05, 0) is 160 Å². The van der Waals surface area contributed by atoms with Crippen molar-refractivity contribution >= 4 is 23.1 Å². The van der Waals surface area contributed by atoms with E-state index in [1.54, 1.807) is 114 Å². The number of ether oxygens (including phenoxy) is 1. The number of aromatic nitrogens is 18. The van der Waals surface area contributed by atoms with Crippen molar-refractivity contribution in [1.29, 1.82) is 0 Å². The highest BCUT2D eigenvalue weighted by molar-refractivity contribution is 8.03. The van der Waals surface area contributed by atoms with Crippen molar-refractivity contribution in [1.82, 2.24) is 89.1 Å². The number of nitrogens with zero attached hydrogens (tertiary/aromatic N) is 18. The minimum absolute atomic E-state index is 0.822. The first kappa shape index (κ1) is 125. The van der Waals surface area contributed by atoms with E-state index in [1.807, 2.05) is 377 Å². The third-order valence-electron chi connectivity index (χ3n) is 9.36. The van der Waals surface area contributed by atoms with Gasteiger partial charge in [-0.1, -0.05) is 178 Å². The van der Waals surface area contributed by atoms with E-state index in [1.165, 1.54) is 39.9 Å². The molecule has 0 saturated carbocycles. The number of rotatable bonds is 0. The highest BCUT2D eigenvalue weighted by Crippen LogP contribution is 2.17. The van der Waals surface area contributed by atoms with E-state index in [-0.39, 0.29) is 0 Å². The van der Waals surface area contributed by atoms with E-state index < -0.39 is 0 Å². The van der Waals surface area contributed by atoms with Crippen LogP contribution in [0.5, 0.6) is 0 Å². The molecule has 0 fully saturated rings. The first-order valence-corrected chi connectivity index (χ1v) is 39.9. The van der Waals surface area contributed by atoms with E-state index in [9.17, 15) is 0 Å². The van der Waals surface area contributed by atoms with E-state index in [4.69, 9.17) is 4.74 Å². The molecular formula is C86H154N18OS2. The SMILES string of the molecule is CC.CC.CC.CC.CC.CC.CC.CC.CC.CC.CC.CC.CC1=COCCS1.Cc1ccccn1.Cc1cccnc1.Cc1ccn(C)n1.Cc1ccncc1.Cc1ccncn1.Cc1ccnn1C.Cc1cnccn1.Cc1cncnc1.Cc1cnn(C)c1.Cc1ncccn1.Cc1nccs1. The Kier molecular flexibility index (Phi) is 131. The van der Waals surface area contributed by atoms with Crippen molar-refractivity contribution in [3.63, 3.8) is 0 Å². The number of hydrogen-bond donors (Lipinski definition) is 0. The van der Waals surface area contributed by atoms with Crippen LogP contribution in [-0.4, -0.2) is 102 Å². The zero-order chi connectivity index (χ0) is 85.1. The topological polar surface area (TPSA) is 217 Å². The van der Waals surface area contributed by atoms with Gasteiger partial charge in [0.05, 0.1) is 35.5 Å². The molecule has 0 saturated heterocycles. The lowest BCUT2D eigenvalue weighted by molar-refractivity contribution is 0.268. The Labute approximate surface area is 664 Å². The van der Waals surface area contributed by atoms with E-state index in [0.29, 0.717) is 0 Å². The second-order valence-electron chi connectivity index (χ2n) is 17.4. The van der Waals surface area contributed by atoms with Gasteiger partial charge in [0.1, 0.15) is 18.5 Å². The summed E-state index contributed by atoms with van der Waals surface area (Å²) in [6.45, 7) is 72.6. The maximum Gasteiger partial charge on any atom is 0.125 e. The summed E-state index contributed by atoms with van der Waals surface area (Å²) in [5, 5.41) is 15.0. The van der Waals surface area contributed by atoms with Gasteiger partial charge in [-0.3, -0.25) is 43.9 Å². The van der Waals surface area contributed by atoms with Crippen LogP contribution < -0.4 is 0 Å². The predicted molar refractivity (Wildman–Crippen MR) is 473 cm³/mol. The average molecular weight is 1520 g/mol. The maximum atomic E-state index is 5.00. The summed E-state index contributed by atoms with van der Waals surface area (Å²) < 4.78 is 10.4. The highest BCUT2D eigenvalue weighted by atomic mass is 32.2.